The van der Waals surface area contributed by atoms with Gasteiger partial charge in [0.2, 0.25) is 5.43 Å². The summed E-state index contributed by atoms with van der Waals surface area (Å²) in [6.45, 7) is 1.80. The predicted octanol–water partition coefficient (Wildman–Crippen LogP) is 1.63. The van der Waals surface area contributed by atoms with Crippen molar-refractivity contribution < 1.29 is 14.3 Å². The quantitative estimate of drug-likeness (QED) is 0.819. The molecule has 0 spiro atoms. The third-order valence-electron chi connectivity index (χ3n) is 2.83. The number of aryl methyl sites for hydroxylation is 1. The second-order valence-corrected chi connectivity index (χ2v) is 3.86. The van der Waals surface area contributed by atoms with Gasteiger partial charge in [0, 0.05) is 6.20 Å². The third-order valence-corrected chi connectivity index (χ3v) is 2.83. The lowest BCUT2D eigenvalue weighted by Gasteiger charge is -2.08. The van der Waals surface area contributed by atoms with Crippen LogP contribution in [0.2, 0.25) is 0 Å². The van der Waals surface area contributed by atoms with Crippen LogP contribution in [-0.4, -0.2) is 25.2 Å². The number of aromatic amines is 1. The van der Waals surface area contributed by atoms with Gasteiger partial charge >= 0.3 is 5.97 Å². The molecule has 0 radical (unpaired) electrons. The number of hydrogen-bond donors (Lipinski definition) is 1. The first kappa shape index (κ1) is 12.2. The molecular formula is C13H13NO4. The van der Waals surface area contributed by atoms with Crippen LogP contribution in [0.4, 0.5) is 0 Å². The van der Waals surface area contributed by atoms with Crippen molar-refractivity contribution in [1.29, 1.82) is 0 Å². The van der Waals surface area contributed by atoms with E-state index in [0.717, 1.165) is 5.56 Å². The van der Waals surface area contributed by atoms with Gasteiger partial charge in [-0.3, -0.25) is 4.79 Å². The summed E-state index contributed by atoms with van der Waals surface area (Å²) in [6.07, 6.45) is 1.35. The van der Waals surface area contributed by atoms with Gasteiger partial charge in [0.05, 0.1) is 25.1 Å². The Hall–Kier alpha value is -2.30. The molecule has 18 heavy (non-hydrogen) atoms. The van der Waals surface area contributed by atoms with Crippen molar-refractivity contribution in [2.45, 2.75) is 6.92 Å². The maximum Gasteiger partial charge on any atom is 0.343 e. The number of esters is 1. The standard InChI is InChI=1S/C13H13NO4/c1-7-4-5-9(17-2)11-10(7)12(15)8(6-14-11)13(16)18-3/h4-6H,1-3H3,(H,14,15). The summed E-state index contributed by atoms with van der Waals surface area (Å²) < 4.78 is 9.75. The molecule has 1 heterocycles. The average molecular weight is 247 g/mol. The fourth-order valence-corrected chi connectivity index (χ4v) is 1.90. The van der Waals surface area contributed by atoms with Gasteiger partial charge in [-0.25, -0.2) is 4.79 Å². The van der Waals surface area contributed by atoms with Gasteiger partial charge in [-0.15, -0.1) is 0 Å². The van der Waals surface area contributed by atoms with Crippen LogP contribution in [0.3, 0.4) is 0 Å². The molecule has 5 heteroatoms. The Labute approximate surface area is 103 Å². The van der Waals surface area contributed by atoms with E-state index in [1.54, 1.807) is 19.1 Å². The molecular weight excluding hydrogens is 234 g/mol. The molecule has 0 saturated carbocycles. The summed E-state index contributed by atoms with van der Waals surface area (Å²) in [5, 5.41) is 0.442. The van der Waals surface area contributed by atoms with Crippen molar-refractivity contribution in [3.63, 3.8) is 0 Å². The zero-order valence-corrected chi connectivity index (χ0v) is 10.4. The molecule has 0 aliphatic heterocycles. The van der Waals surface area contributed by atoms with Gasteiger partial charge < -0.3 is 14.5 Å². The minimum absolute atomic E-state index is 0.0126. The first-order valence-electron chi connectivity index (χ1n) is 5.37. The number of carbonyl (C=O) groups is 1. The van der Waals surface area contributed by atoms with Crippen LogP contribution < -0.4 is 10.2 Å². The number of hydrogen-bond acceptors (Lipinski definition) is 4. The van der Waals surface area contributed by atoms with Crippen molar-refractivity contribution >= 4 is 16.9 Å². The lowest BCUT2D eigenvalue weighted by atomic mass is 10.1. The second kappa shape index (κ2) is 4.52. The Balaban J connectivity index is 2.87. The summed E-state index contributed by atoms with van der Waals surface area (Å²) in [4.78, 5) is 26.6. The Morgan fingerprint density at radius 2 is 2.00 bits per heavy atom. The third kappa shape index (κ3) is 1.73. The van der Waals surface area contributed by atoms with Crippen LogP contribution in [0.1, 0.15) is 15.9 Å². The number of rotatable bonds is 2. The van der Waals surface area contributed by atoms with Gasteiger partial charge in [0.25, 0.3) is 0 Å². The van der Waals surface area contributed by atoms with Crippen LogP contribution in [0, 0.1) is 6.92 Å². The van der Waals surface area contributed by atoms with Crippen LogP contribution in [0.5, 0.6) is 5.75 Å². The molecule has 0 fully saturated rings. The van der Waals surface area contributed by atoms with Crippen molar-refractivity contribution in [2.75, 3.05) is 14.2 Å². The topological polar surface area (TPSA) is 68.4 Å². The number of methoxy groups -OCH3 is 2. The number of pyridine rings is 1. The molecule has 94 valence electrons. The van der Waals surface area contributed by atoms with E-state index < -0.39 is 5.97 Å². The predicted molar refractivity (Wildman–Crippen MR) is 67.2 cm³/mol. The molecule has 0 aliphatic carbocycles. The highest BCUT2D eigenvalue weighted by atomic mass is 16.5. The zero-order chi connectivity index (χ0) is 13.3. The Bertz CT molecular complexity index is 672. The Morgan fingerprint density at radius 1 is 1.28 bits per heavy atom. The summed E-state index contributed by atoms with van der Waals surface area (Å²) in [5.41, 5.74) is 0.987. The van der Waals surface area contributed by atoms with Crippen LogP contribution in [0.25, 0.3) is 10.9 Å². The van der Waals surface area contributed by atoms with E-state index >= 15 is 0 Å². The number of benzene rings is 1. The molecule has 2 aromatic rings. The minimum atomic E-state index is -0.652. The van der Waals surface area contributed by atoms with E-state index in [2.05, 4.69) is 9.72 Å². The molecule has 0 amide bonds. The van der Waals surface area contributed by atoms with Gasteiger partial charge in [0.15, 0.2) is 0 Å². The van der Waals surface area contributed by atoms with Gasteiger partial charge in [-0.05, 0) is 18.6 Å². The van der Waals surface area contributed by atoms with Gasteiger partial charge in [-0.2, -0.15) is 0 Å². The van der Waals surface area contributed by atoms with Crippen LogP contribution in [0.15, 0.2) is 23.1 Å². The summed E-state index contributed by atoms with van der Waals surface area (Å²) in [5.74, 6) is -0.0931. The highest BCUT2D eigenvalue weighted by molar-refractivity contribution is 5.95. The molecule has 0 saturated heterocycles. The molecule has 1 N–H and O–H groups in total. The van der Waals surface area contributed by atoms with Crippen LogP contribution >= 0.6 is 0 Å². The lowest BCUT2D eigenvalue weighted by Crippen LogP contribution is -2.17. The highest BCUT2D eigenvalue weighted by Gasteiger charge is 2.16. The SMILES string of the molecule is COC(=O)c1c[nH]c2c(OC)ccc(C)c2c1=O. The van der Waals surface area contributed by atoms with E-state index in [-0.39, 0.29) is 11.0 Å². The van der Waals surface area contributed by atoms with E-state index in [1.807, 2.05) is 0 Å². The molecule has 0 bridgehead atoms. The van der Waals surface area contributed by atoms with E-state index in [0.29, 0.717) is 16.7 Å². The number of carbonyl (C=O) groups excluding carboxylic acids is 1. The first-order chi connectivity index (χ1) is 8.60. The van der Waals surface area contributed by atoms with Crippen LogP contribution in [-0.2, 0) is 4.74 Å². The number of ether oxygens (including phenoxy) is 2. The largest absolute Gasteiger partial charge is 0.495 e. The molecule has 1 aromatic heterocycles. The number of fused-ring (bicyclic) bond motifs is 1. The summed E-state index contributed by atoms with van der Waals surface area (Å²) >= 11 is 0. The highest BCUT2D eigenvalue weighted by Crippen LogP contribution is 2.24. The Kier molecular flexibility index (Phi) is 3.06. The molecule has 1 aromatic carbocycles. The number of aromatic nitrogens is 1. The normalized spacial score (nSPS) is 10.4. The minimum Gasteiger partial charge on any atom is -0.495 e. The second-order valence-electron chi connectivity index (χ2n) is 3.86. The van der Waals surface area contributed by atoms with E-state index in [4.69, 9.17) is 4.74 Å². The average Bonchev–Trinajstić information content (AvgIpc) is 2.38. The smallest absolute Gasteiger partial charge is 0.343 e. The lowest BCUT2D eigenvalue weighted by molar-refractivity contribution is 0.0599. The molecule has 0 aliphatic rings. The van der Waals surface area contributed by atoms with Crippen molar-refractivity contribution in [2.24, 2.45) is 0 Å². The molecule has 0 atom stereocenters. The monoisotopic (exact) mass is 247 g/mol. The fraction of sp³-hybridized carbons (Fsp3) is 0.231. The maximum absolute atomic E-state index is 12.2. The first-order valence-corrected chi connectivity index (χ1v) is 5.37. The van der Waals surface area contributed by atoms with Gasteiger partial charge in [0.1, 0.15) is 11.3 Å². The van der Waals surface area contributed by atoms with Crippen molar-refractivity contribution in [1.82, 2.24) is 4.98 Å². The van der Waals surface area contributed by atoms with Crippen molar-refractivity contribution in [3.8, 4) is 5.75 Å². The Morgan fingerprint density at radius 3 is 2.61 bits per heavy atom. The molecule has 2 rings (SSSR count). The van der Waals surface area contributed by atoms with E-state index in [1.165, 1.54) is 20.4 Å². The fourth-order valence-electron chi connectivity index (χ4n) is 1.90. The van der Waals surface area contributed by atoms with Crippen molar-refractivity contribution in [3.05, 3.63) is 39.7 Å². The number of H-pyrrole nitrogens is 1. The summed E-state index contributed by atoms with van der Waals surface area (Å²) in [6, 6.07) is 3.54. The molecule has 0 unspecified atom stereocenters. The molecule has 5 nitrogen and oxygen atoms in total. The zero-order valence-electron chi connectivity index (χ0n) is 10.4. The maximum atomic E-state index is 12.2. The van der Waals surface area contributed by atoms with Gasteiger partial charge in [-0.1, -0.05) is 6.07 Å². The summed E-state index contributed by atoms with van der Waals surface area (Å²) in [7, 11) is 2.76. The van der Waals surface area contributed by atoms with E-state index in [9.17, 15) is 9.59 Å². The number of nitrogens with one attached hydrogen (secondary N) is 1.